The van der Waals surface area contributed by atoms with Crippen molar-refractivity contribution >= 4 is 35.1 Å². The molecule has 1 fully saturated rings. The first-order chi connectivity index (χ1) is 9.32. The van der Waals surface area contributed by atoms with Gasteiger partial charge in [-0.15, -0.1) is 0 Å². The zero-order valence-electron chi connectivity index (χ0n) is 11.0. The summed E-state index contributed by atoms with van der Waals surface area (Å²) in [5.74, 6) is -0.948. The zero-order chi connectivity index (χ0) is 14.9. The second-order valence-electron chi connectivity index (χ2n) is 5.36. The lowest BCUT2D eigenvalue weighted by Gasteiger charge is -2.20. The molecule has 108 valence electrons. The van der Waals surface area contributed by atoms with Gasteiger partial charge in [0.05, 0.1) is 21.9 Å². The van der Waals surface area contributed by atoms with Gasteiger partial charge < -0.3 is 10.0 Å². The third kappa shape index (κ3) is 3.07. The van der Waals surface area contributed by atoms with Crippen LogP contribution in [-0.2, 0) is 16.0 Å². The molecule has 1 saturated heterocycles. The third-order valence-electron chi connectivity index (χ3n) is 3.68. The van der Waals surface area contributed by atoms with Crippen molar-refractivity contribution in [3.8, 4) is 0 Å². The van der Waals surface area contributed by atoms with Crippen molar-refractivity contribution in [1.82, 2.24) is 4.90 Å². The summed E-state index contributed by atoms with van der Waals surface area (Å²) in [6.45, 7) is 2.40. The smallest absolute Gasteiger partial charge is 0.311 e. The van der Waals surface area contributed by atoms with E-state index in [1.54, 1.807) is 30.0 Å². The maximum atomic E-state index is 12.2. The van der Waals surface area contributed by atoms with Crippen molar-refractivity contribution in [3.05, 3.63) is 33.8 Å². The van der Waals surface area contributed by atoms with Crippen molar-refractivity contribution in [2.24, 2.45) is 5.41 Å². The summed E-state index contributed by atoms with van der Waals surface area (Å²) in [5, 5.41) is 10.0. The lowest BCUT2D eigenvalue weighted by Crippen LogP contribution is -2.35. The summed E-state index contributed by atoms with van der Waals surface area (Å²) in [7, 11) is 0. The molecule has 0 aromatic heterocycles. The van der Waals surface area contributed by atoms with E-state index in [1.165, 1.54) is 0 Å². The number of amides is 1. The van der Waals surface area contributed by atoms with Crippen LogP contribution in [0.25, 0.3) is 0 Å². The zero-order valence-corrected chi connectivity index (χ0v) is 12.5. The van der Waals surface area contributed by atoms with Crippen LogP contribution in [0.1, 0.15) is 18.9 Å². The number of carbonyl (C=O) groups is 2. The first-order valence-corrected chi connectivity index (χ1v) is 7.02. The fraction of sp³-hybridized carbons (Fsp3) is 0.429. The second-order valence-corrected chi connectivity index (χ2v) is 6.17. The minimum absolute atomic E-state index is 0.0895. The standard InChI is InChI=1S/C14H15Cl2NO3/c1-14(13(19)20)4-5-17(8-14)12(18)7-9-2-3-10(15)11(16)6-9/h2-3,6H,4-5,7-8H2,1H3,(H,19,20)/t14-/m0/s1. The minimum atomic E-state index is -0.859. The van der Waals surface area contributed by atoms with Crippen LogP contribution in [0.2, 0.25) is 10.0 Å². The molecule has 1 atom stereocenters. The van der Waals surface area contributed by atoms with Crippen LogP contribution < -0.4 is 0 Å². The summed E-state index contributed by atoms with van der Waals surface area (Å²) in [6, 6.07) is 5.06. The first kappa shape index (κ1) is 15.1. The molecule has 0 spiro atoms. The molecule has 1 aliphatic heterocycles. The van der Waals surface area contributed by atoms with E-state index in [-0.39, 0.29) is 18.9 Å². The van der Waals surface area contributed by atoms with Crippen LogP contribution in [0.5, 0.6) is 0 Å². The largest absolute Gasteiger partial charge is 0.481 e. The number of carboxylic acids is 1. The van der Waals surface area contributed by atoms with Crippen molar-refractivity contribution < 1.29 is 14.7 Å². The van der Waals surface area contributed by atoms with E-state index >= 15 is 0 Å². The van der Waals surface area contributed by atoms with Crippen LogP contribution in [0.4, 0.5) is 0 Å². The number of benzene rings is 1. The molecule has 1 aliphatic rings. The van der Waals surface area contributed by atoms with Gasteiger partial charge >= 0.3 is 5.97 Å². The summed E-state index contributed by atoms with van der Waals surface area (Å²) in [5.41, 5.74) is -0.0684. The van der Waals surface area contributed by atoms with E-state index in [0.29, 0.717) is 23.0 Å². The summed E-state index contributed by atoms with van der Waals surface area (Å²) >= 11 is 11.7. The molecule has 1 heterocycles. The van der Waals surface area contributed by atoms with E-state index in [9.17, 15) is 9.59 Å². The Kier molecular flexibility index (Phi) is 4.25. The minimum Gasteiger partial charge on any atom is -0.481 e. The fourth-order valence-electron chi connectivity index (χ4n) is 2.28. The monoisotopic (exact) mass is 315 g/mol. The quantitative estimate of drug-likeness (QED) is 0.933. The highest BCUT2D eigenvalue weighted by Gasteiger charge is 2.41. The molecule has 0 bridgehead atoms. The molecule has 4 nitrogen and oxygen atoms in total. The van der Waals surface area contributed by atoms with Gasteiger partial charge in [-0.2, -0.15) is 0 Å². The lowest BCUT2D eigenvalue weighted by atomic mass is 9.90. The van der Waals surface area contributed by atoms with E-state index in [4.69, 9.17) is 28.3 Å². The van der Waals surface area contributed by atoms with Crippen LogP contribution >= 0.6 is 23.2 Å². The molecule has 0 radical (unpaired) electrons. The fourth-order valence-corrected chi connectivity index (χ4v) is 2.61. The molecule has 0 aliphatic carbocycles. The van der Waals surface area contributed by atoms with E-state index in [2.05, 4.69) is 0 Å². The normalized spacial score (nSPS) is 22.1. The van der Waals surface area contributed by atoms with E-state index in [1.807, 2.05) is 0 Å². The average Bonchev–Trinajstić information content (AvgIpc) is 2.78. The number of likely N-dealkylation sites (tertiary alicyclic amines) is 1. The van der Waals surface area contributed by atoms with E-state index in [0.717, 1.165) is 5.56 Å². The topological polar surface area (TPSA) is 57.6 Å². The average molecular weight is 316 g/mol. The van der Waals surface area contributed by atoms with Gasteiger partial charge in [0, 0.05) is 13.1 Å². The van der Waals surface area contributed by atoms with Crippen molar-refractivity contribution in [1.29, 1.82) is 0 Å². The summed E-state index contributed by atoms with van der Waals surface area (Å²) in [4.78, 5) is 24.9. The number of halogens is 2. The number of carboxylic acid groups (broad SMARTS) is 1. The molecule has 1 aromatic carbocycles. The number of rotatable bonds is 3. The number of hydrogen-bond donors (Lipinski definition) is 1. The molecule has 1 N–H and O–H groups in total. The molecule has 0 unspecified atom stereocenters. The molecule has 0 saturated carbocycles. The second kappa shape index (κ2) is 5.62. The Morgan fingerprint density at radius 1 is 1.35 bits per heavy atom. The van der Waals surface area contributed by atoms with Gasteiger partial charge in [-0.05, 0) is 31.0 Å². The Morgan fingerprint density at radius 2 is 2.05 bits per heavy atom. The SMILES string of the molecule is C[C@]1(C(=O)O)CCN(C(=O)Cc2ccc(Cl)c(Cl)c2)C1. The molecular formula is C14H15Cl2NO3. The molecule has 1 aromatic rings. The highest BCUT2D eigenvalue weighted by atomic mass is 35.5. The molecule has 20 heavy (non-hydrogen) atoms. The van der Waals surface area contributed by atoms with Crippen LogP contribution in [0.3, 0.4) is 0 Å². The predicted molar refractivity (Wildman–Crippen MR) is 77.1 cm³/mol. The van der Waals surface area contributed by atoms with E-state index < -0.39 is 11.4 Å². The Balaban J connectivity index is 2.03. The predicted octanol–water partition coefficient (Wildman–Crippen LogP) is 2.86. The Bertz CT molecular complexity index is 561. The van der Waals surface area contributed by atoms with Gasteiger partial charge in [-0.1, -0.05) is 29.3 Å². The molecular weight excluding hydrogens is 301 g/mol. The van der Waals surface area contributed by atoms with Gasteiger partial charge in [-0.25, -0.2) is 0 Å². The number of nitrogens with zero attached hydrogens (tertiary/aromatic N) is 1. The molecule has 2 rings (SSSR count). The van der Waals surface area contributed by atoms with Crippen molar-refractivity contribution in [2.75, 3.05) is 13.1 Å². The molecule has 1 amide bonds. The first-order valence-electron chi connectivity index (χ1n) is 6.27. The molecule has 6 heteroatoms. The Labute approximate surface area is 127 Å². The maximum absolute atomic E-state index is 12.2. The summed E-state index contributed by atoms with van der Waals surface area (Å²) in [6.07, 6.45) is 0.683. The van der Waals surface area contributed by atoms with Crippen LogP contribution in [0.15, 0.2) is 18.2 Å². The van der Waals surface area contributed by atoms with Gasteiger partial charge in [0.2, 0.25) is 5.91 Å². The van der Waals surface area contributed by atoms with Crippen molar-refractivity contribution in [3.63, 3.8) is 0 Å². The Morgan fingerprint density at radius 3 is 2.60 bits per heavy atom. The van der Waals surface area contributed by atoms with Gasteiger partial charge in [0.15, 0.2) is 0 Å². The van der Waals surface area contributed by atoms with Gasteiger partial charge in [0.1, 0.15) is 0 Å². The number of hydrogen-bond acceptors (Lipinski definition) is 2. The van der Waals surface area contributed by atoms with Gasteiger partial charge in [-0.3, -0.25) is 9.59 Å². The number of aliphatic carboxylic acids is 1. The Hall–Kier alpha value is -1.26. The third-order valence-corrected chi connectivity index (χ3v) is 4.42. The lowest BCUT2D eigenvalue weighted by molar-refractivity contribution is -0.147. The van der Waals surface area contributed by atoms with Crippen molar-refractivity contribution in [2.45, 2.75) is 19.8 Å². The van der Waals surface area contributed by atoms with Crippen LogP contribution in [0, 0.1) is 5.41 Å². The van der Waals surface area contributed by atoms with Gasteiger partial charge in [0.25, 0.3) is 0 Å². The number of carbonyl (C=O) groups excluding carboxylic acids is 1. The highest BCUT2D eigenvalue weighted by Crippen LogP contribution is 2.30. The maximum Gasteiger partial charge on any atom is 0.311 e. The van der Waals surface area contributed by atoms with Crippen LogP contribution in [-0.4, -0.2) is 35.0 Å². The summed E-state index contributed by atoms with van der Waals surface area (Å²) < 4.78 is 0. The highest BCUT2D eigenvalue weighted by molar-refractivity contribution is 6.42.